The number of carboxylic acids is 1. The molecule has 1 aromatic rings. The third-order valence-corrected chi connectivity index (χ3v) is 2.46. The lowest BCUT2D eigenvalue weighted by molar-refractivity contribution is -0.132. The summed E-state index contributed by atoms with van der Waals surface area (Å²) >= 11 is 3.23. The van der Waals surface area contributed by atoms with E-state index >= 15 is 0 Å². The molecule has 3 nitrogen and oxygen atoms in total. The van der Waals surface area contributed by atoms with E-state index in [1.165, 1.54) is 6.07 Å². The molecule has 0 aromatic heterocycles. The van der Waals surface area contributed by atoms with Gasteiger partial charge in [-0.15, -0.1) is 0 Å². The van der Waals surface area contributed by atoms with Crippen molar-refractivity contribution in [3.8, 4) is 0 Å². The van der Waals surface area contributed by atoms with Gasteiger partial charge in [0.05, 0.1) is 0 Å². The van der Waals surface area contributed by atoms with Crippen LogP contribution in [0.4, 0.5) is 4.39 Å². The van der Waals surface area contributed by atoms with Crippen LogP contribution in [0.1, 0.15) is 5.56 Å². The molecule has 2 N–H and O–H groups in total. The summed E-state index contributed by atoms with van der Waals surface area (Å²) in [5.41, 5.74) is 0.531. The smallest absolute Gasteiger partial charge is 0.332 e. The SMILES string of the molecule is C=C(CNCc1cc(Br)ccc1F)C(=O)O. The maximum absolute atomic E-state index is 13.3. The van der Waals surface area contributed by atoms with E-state index < -0.39 is 5.97 Å². The molecule has 0 saturated carbocycles. The van der Waals surface area contributed by atoms with E-state index in [-0.39, 0.29) is 24.5 Å². The van der Waals surface area contributed by atoms with Crippen LogP contribution in [0.2, 0.25) is 0 Å². The molecule has 0 aliphatic carbocycles. The molecule has 1 aromatic carbocycles. The van der Waals surface area contributed by atoms with Crippen LogP contribution in [0.3, 0.4) is 0 Å². The minimum atomic E-state index is -1.05. The Morgan fingerprint density at radius 1 is 1.56 bits per heavy atom. The van der Waals surface area contributed by atoms with Crippen LogP contribution < -0.4 is 5.32 Å². The van der Waals surface area contributed by atoms with Gasteiger partial charge in [-0.25, -0.2) is 9.18 Å². The fourth-order valence-corrected chi connectivity index (χ4v) is 1.51. The number of carbonyl (C=O) groups is 1. The normalized spacial score (nSPS) is 10.1. The number of hydrogen-bond acceptors (Lipinski definition) is 2. The summed E-state index contributed by atoms with van der Waals surface area (Å²) in [4.78, 5) is 10.4. The molecule has 5 heteroatoms. The molecule has 16 heavy (non-hydrogen) atoms. The average Bonchev–Trinajstić information content (AvgIpc) is 2.22. The first-order valence-corrected chi connectivity index (χ1v) is 5.35. The summed E-state index contributed by atoms with van der Waals surface area (Å²) in [5, 5.41) is 11.4. The topological polar surface area (TPSA) is 49.3 Å². The van der Waals surface area contributed by atoms with Gasteiger partial charge >= 0.3 is 5.97 Å². The summed E-state index contributed by atoms with van der Waals surface area (Å²) in [6.07, 6.45) is 0. The van der Waals surface area contributed by atoms with E-state index in [0.29, 0.717) is 5.56 Å². The molecule has 0 amide bonds. The molecular formula is C11H11BrFNO2. The van der Waals surface area contributed by atoms with Crippen molar-refractivity contribution in [2.75, 3.05) is 6.54 Å². The monoisotopic (exact) mass is 287 g/mol. The quantitative estimate of drug-likeness (QED) is 0.817. The lowest BCUT2D eigenvalue weighted by Crippen LogP contribution is -2.20. The minimum Gasteiger partial charge on any atom is -0.478 e. The number of rotatable bonds is 5. The van der Waals surface area contributed by atoms with Crippen LogP contribution >= 0.6 is 15.9 Å². The van der Waals surface area contributed by atoms with Crippen molar-refractivity contribution in [2.45, 2.75) is 6.54 Å². The Balaban J connectivity index is 2.52. The Labute approximate surface area is 101 Å². The van der Waals surface area contributed by atoms with E-state index in [9.17, 15) is 9.18 Å². The Hall–Kier alpha value is -1.20. The first kappa shape index (κ1) is 12.9. The summed E-state index contributed by atoms with van der Waals surface area (Å²) in [6.45, 7) is 3.75. The van der Waals surface area contributed by atoms with Gasteiger partial charge in [0.1, 0.15) is 5.82 Å². The molecule has 0 bridgehead atoms. The van der Waals surface area contributed by atoms with Crippen LogP contribution in [-0.2, 0) is 11.3 Å². The third kappa shape index (κ3) is 3.75. The fourth-order valence-electron chi connectivity index (χ4n) is 1.10. The van der Waals surface area contributed by atoms with Gasteiger partial charge in [0.15, 0.2) is 0 Å². The highest BCUT2D eigenvalue weighted by atomic mass is 79.9. The molecule has 0 radical (unpaired) electrons. The van der Waals surface area contributed by atoms with Crippen molar-refractivity contribution < 1.29 is 14.3 Å². The summed E-state index contributed by atoms with van der Waals surface area (Å²) in [5.74, 6) is -1.38. The van der Waals surface area contributed by atoms with Crippen molar-refractivity contribution >= 4 is 21.9 Å². The van der Waals surface area contributed by atoms with E-state index in [1.54, 1.807) is 12.1 Å². The maximum atomic E-state index is 13.3. The highest BCUT2D eigenvalue weighted by Gasteiger charge is 2.05. The number of hydrogen-bond donors (Lipinski definition) is 2. The lowest BCUT2D eigenvalue weighted by Gasteiger charge is -2.06. The standard InChI is InChI=1S/C11H11BrFNO2/c1-7(11(15)16)5-14-6-8-4-9(12)2-3-10(8)13/h2-4,14H,1,5-6H2,(H,15,16). The van der Waals surface area contributed by atoms with Crippen molar-refractivity contribution in [1.82, 2.24) is 5.32 Å². The number of carboxylic acid groups (broad SMARTS) is 1. The van der Waals surface area contributed by atoms with E-state index in [4.69, 9.17) is 5.11 Å². The first-order valence-electron chi connectivity index (χ1n) is 4.56. The van der Waals surface area contributed by atoms with Crippen LogP contribution in [0.25, 0.3) is 0 Å². The molecule has 0 unspecified atom stereocenters. The van der Waals surface area contributed by atoms with Gasteiger partial charge in [0, 0.05) is 28.7 Å². The van der Waals surface area contributed by atoms with Gasteiger partial charge in [-0.05, 0) is 18.2 Å². The highest BCUT2D eigenvalue weighted by molar-refractivity contribution is 9.10. The third-order valence-electron chi connectivity index (χ3n) is 1.96. The second-order valence-corrected chi connectivity index (χ2v) is 4.16. The molecule has 0 fully saturated rings. The molecule has 0 heterocycles. The number of halogens is 2. The molecule has 0 spiro atoms. The zero-order valence-electron chi connectivity index (χ0n) is 8.46. The molecule has 1 rings (SSSR count). The van der Waals surface area contributed by atoms with Gasteiger partial charge in [-0.1, -0.05) is 22.5 Å². The predicted molar refractivity (Wildman–Crippen MR) is 62.6 cm³/mol. The minimum absolute atomic E-state index is 0.0513. The van der Waals surface area contributed by atoms with Crippen LogP contribution in [0.5, 0.6) is 0 Å². The van der Waals surface area contributed by atoms with Crippen molar-refractivity contribution in [2.24, 2.45) is 0 Å². The lowest BCUT2D eigenvalue weighted by atomic mass is 10.2. The molecule has 0 aliphatic rings. The van der Waals surface area contributed by atoms with Gasteiger partial charge in [0.2, 0.25) is 0 Å². The fraction of sp³-hybridized carbons (Fsp3) is 0.182. The van der Waals surface area contributed by atoms with Crippen LogP contribution in [0.15, 0.2) is 34.8 Å². The summed E-state index contributed by atoms with van der Waals surface area (Å²) in [7, 11) is 0. The van der Waals surface area contributed by atoms with Gasteiger partial charge < -0.3 is 10.4 Å². The van der Waals surface area contributed by atoms with Crippen molar-refractivity contribution in [3.63, 3.8) is 0 Å². The Kier molecular flexibility index (Phi) is 4.64. The van der Waals surface area contributed by atoms with E-state index in [0.717, 1.165) is 4.47 Å². The second-order valence-electron chi connectivity index (χ2n) is 3.25. The highest BCUT2D eigenvalue weighted by Crippen LogP contribution is 2.15. The Morgan fingerprint density at radius 2 is 2.25 bits per heavy atom. The number of aliphatic carboxylic acids is 1. The zero-order chi connectivity index (χ0) is 12.1. The molecule has 0 atom stereocenters. The molecule has 0 aliphatic heterocycles. The molecular weight excluding hydrogens is 277 g/mol. The van der Waals surface area contributed by atoms with Gasteiger partial charge in [0.25, 0.3) is 0 Å². The van der Waals surface area contributed by atoms with Crippen LogP contribution in [-0.4, -0.2) is 17.6 Å². The largest absolute Gasteiger partial charge is 0.478 e. The van der Waals surface area contributed by atoms with Crippen LogP contribution in [0, 0.1) is 5.82 Å². The first-order chi connectivity index (χ1) is 7.50. The van der Waals surface area contributed by atoms with Gasteiger partial charge in [-0.3, -0.25) is 0 Å². The Morgan fingerprint density at radius 3 is 2.88 bits per heavy atom. The van der Waals surface area contributed by atoms with Gasteiger partial charge in [-0.2, -0.15) is 0 Å². The number of nitrogens with one attached hydrogen (secondary N) is 1. The predicted octanol–water partition coefficient (Wildman–Crippen LogP) is 2.32. The van der Waals surface area contributed by atoms with Crippen molar-refractivity contribution in [1.29, 1.82) is 0 Å². The number of benzene rings is 1. The van der Waals surface area contributed by atoms with E-state index in [1.807, 2.05) is 0 Å². The molecule has 0 saturated heterocycles. The Bertz CT molecular complexity index is 420. The van der Waals surface area contributed by atoms with E-state index in [2.05, 4.69) is 27.8 Å². The zero-order valence-corrected chi connectivity index (χ0v) is 10.1. The summed E-state index contributed by atoms with van der Waals surface area (Å²) in [6, 6.07) is 4.61. The molecule has 86 valence electrons. The van der Waals surface area contributed by atoms with Crippen molar-refractivity contribution in [3.05, 3.63) is 46.2 Å². The second kappa shape index (κ2) is 5.77. The summed E-state index contributed by atoms with van der Waals surface area (Å²) < 4.78 is 14.0. The maximum Gasteiger partial charge on any atom is 0.332 e. The average molecular weight is 288 g/mol.